The van der Waals surface area contributed by atoms with E-state index in [1.165, 1.54) is 0 Å². The van der Waals surface area contributed by atoms with Crippen molar-refractivity contribution >= 4 is 22.7 Å². The molecule has 0 N–H and O–H groups in total. The lowest BCUT2D eigenvalue weighted by Crippen LogP contribution is -2.00. The van der Waals surface area contributed by atoms with Gasteiger partial charge in [-0.25, -0.2) is 9.59 Å². The Bertz CT molecular complexity index is 970. The third-order valence-electron chi connectivity index (χ3n) is 4.33. The maximum Gasteiger partial charge on any atom is 0.347 e. The second-order valence-electron chi connectivity index (χ2n) is 5.61. The van der Waals surface area contributed by atoms with E-state index in [2.05, 4.69) is 0 Å². The summed E-state index contributed by atoms with van der Waals surface area (Å²) in [6.07, 6.45) is 0.683. The van der Waals surface area contributed by atoms with Gasteiger partial charge in [0.15, 0.2) is 0 Å². The van der Waals surface area contributed by atoms with E-state index < -0.39 is 11.9 Å². The number of benzene rings is 3. The van der Waals surface area contributed by atoms with E-state index in [9.17, 15) is 9.59 Å². The Balaban J connectivity index is 1.99. The van der Waals surface area contributed by atoms with Crippen molar-refractivity contribution in [2.45, 2.75) is 13.3 Å². The lowest BCUT2D eigenvalue weighted by Gasteiger charge is -2.09. The number of ether oxygens (including phenoxy) is 1. The van der Waals surface area contributed by atoms with Crippen molar-refractivity contribution < 1.29 is 14.3 Å². The smallest absolute Gasteiger partial charge is 0.347 e. The van der Waals surface area contributed by atoms with Gasteiger partial charge in [0.1, 0.15) is 0 Å². The predicted octanol–water partition coefficient (Wildman–Crippen LogP) is 4.38. The molecule has 3 aromatic carbocycles. The highest BCUT2D eigenvalue weighted by Gasteiger charge is 2.34. The minimum Gasteiger partial charge on any atom is -0.386 e. The van der Waals surface area contributed by atoms with E-state index in [1.54, 1.807) is 0 Å². The van der Waals surface area contributed by atoms with Crippen LogP contribution in [0.4, 0.5) is 0 Å². The number of esters is 2. The van der Waals surface area contributed by atoms with Gasteiger partial charge in [-0.15, -0.1) is 0 Å². The molecule has 112 valence electrons. The monoisotopic (exact) mass is 302 g/mol. The van der Waals surface area contributed by atoms with Gasteiger partial charge in [-0.3, -0.25) is 0 Å². The molecule has 0 saturated heterocycles. The van der Waals surface area contributed by atoms with Gasteiger partial charge in [0.05, 0.1) is 11.1 Å². The van der Waals surface area contributed by atoms with Crippen molar-refractivity contribution in [3.05, 3.63) is 71.3 Å². The number of hydrogen-bond donors (Lipinski definition) is 0. The number of rotatable bonds is 2. The summed E-state index contributed by atoms with van der Waals surface area (Å²) in [5.74, 6) is -1.09. The van der Waals surface area contributed by atoms with Crippen molar-refractivity contribution in [2.24, 2.45) is 0 Å². The topological polar surface area (TPSA) is 43.4 Å². The van der Waals surface area contributed by atoms with Crippen LogP contribution in [0.2, 0.25) is 0 Å². The predicted molar refractivity (Wildman–Crippen MR) is 88.5 cm³/mol. The number of fused-ring (bicyclic) bond motifs is 2. The Morgan fingerprint density at radius 2 is 1.57 bits per heavy atom. The quantitative estimate of drug-likeness (QED) is 0.521. The maximum atomic E-state index is 12.2. The normalized spacial score (nSPS) is 13.3. The molecule has 0 aromatic heterocycles. The summed E-state index contributed by atoms with van der Waals surface area (Å²) in [6.45, 7) is 1.96. The lowest BCUT2D eigenvalue weighted by atomic mass is 9.91. The minimum atomic E-state index is -0.552. The molecule has 3 aromatic rings. The highest BCUT2D eigenvalue weighted by atomic mass is 16.6. The zero-order valence-electron chi connectivity index (χ0n) is 12.6. The van der Waals surface area contributed by atoms with Gasteiger partial charge in [-0.1, -0.05) is 55.5 Å². The molecule has 23 heavy (non-hydrogen) atoms. The van der Waals surface area contributed by atoms with Crippen LogP contribution < -0.4 is 0 Å². The average Bonchev–Trinajstić information content (AvgIpc) is 2.89. The largest absolute Gasteiger partial charge is 0.386 e. The Kier molecular flexibility index (Phi) is 3.01. The Labute approximate surface area is 133 Å². The lowest BCUT2D eigenvalue weighted by molar-refractivity contribution is 0.0444. The van der Waals surface area contributed by atoms with Crippen molar-refractivity contribution in [1.82, 2.24) is 0 Å². The number of aryl methyl sites for hydroxylation is 1. The number of cyclic esters (lactones) is 2. The fourth-order valence-corrected chi connectivity index (χ4v) is 3.17. The summed E-state index contributed by atoms with van der Waals surface area (Å²) in [5.41, 5.74) is 3.32. The van der Waals surface area contributed by atoms with Crippen LogP contribution in [0.1, 0.15) is 33.2 Å². The minimum absolute atomic E-state index is 0.393. The Morgan fingerprint density at radius 1 is 0.826 bits per heavy atom. The third-order valence-corrected chi connectivity index (χ3v) is 4.33. The SMILES string of the molecule is CCc1ccc(-c2ccc3ccccc3c2)c2c1C(=O)OC2=O. The van der Waals surface area contributed by atoms with Gasteiger partial charge in [0.2, 0.25) is 0 Å². The Hall–Kier alpha value is -2.94. The van der Waals surface area contributed by atoms with E-state index in [-0.39, 0.29) is 0 Å². The third kappa shape index (κ3) is 2.05. The molecule has 0 spiro atoms. The Morgan fingerprint density at radius 3 is 2.35 bits per heavy atom. The summed E-state index contributed by atoms with van der Waals surface area (Å²) >= 11 is 0. The van der Waals surface area contributed by atoms with Crippen molar-refractivity contribution in [3.8, 4) is 11.1 Å². The van der Waals surface area contributed by atoms with Crippen LogP contribution in [0.5, 0.6) is 0 Å². The van der Waals surface area contributed by atoms with Gasteiger partial charge in [0, 0.05) is 0 Å². The molecule has 0 radical (unpaired) electrons. The van der Waals surface area contributed by atoms with E-state index in [0.29, 0.717) is 17.5 Å². The summed E-state index contributed by atoms with van der Waals surface area (Å²) in [4.78, 5) is 24.2. The van der Waals surface area contributed by atoms with E-state index in [1.807, 2.05) is 61.5 Å². The van der Waals surface area contributed by atoms with E-state index in [0.717, 1.165) is 27.5 Å². The number of carbonyl (C=O) groups excluding carboxylic acids is 2. The first-order valence-corrected chi connectivity index (χ1v) is 7.60. The highest BCUT2D eigenvalue weighted by molar-refractivity contribution is 6.18. The molecule has 0 saturated carbocycles. The first kappa shape index (κ1) is 13.7. The molecule has 4 rings (SSSR count). The van der Waals surface area contributed by atoms with Crippen LogP contribution >= 0.6 is 0 Å². The fourth-order valence-electron chi connectivity index (χ4n) is 3.17. The van der Waals surface area contributed by atoms with Crippen LogP contribution in [-0.4, -0.2) is 11.9 Å². The second-order valence-corrected chi connectivity index (χ2v) is 5.61. The maximum absolute atomic E-state index is 12.2. The molecule has 0 amide bonds. The van der Waals surface area contributed by atoms with Crippen LogP contribution in [0.15, 0.2) is 54.6 Å². The van der Waals surface area contributed by atoms with Crippen molar-refractivity contribution in [3.63, 3.8) is 0 Å². The van der Waals surface area contributed by atoms with E-state index in [4.69, 9.17) is 4.74 Å². The van der Waals surface area contributed by atoms with Gasteiger partial charge in [-0.2, -0.15) is 0 Å². The molecule has 1 heterocycles. The molecule has 1 aliphatic rings. The van der Waals surface area contributed by atoms with Crippen LogP contribution in [0, 0.1) is 0 Å². The molecule has 0 atom stereocenters. The van der Waals surface area contributed by atoms with Crippen molar-refractivity contribution in [1.29, 1.82) is 0 Å². The molecule has 0 bridgehead atoms. The molecule has 0 unspecified atom stereocenters. The summed E-state index contributed by atoms with van der Waals surface area (Å²) < 4.78 is 4.85. The number of hydrogen-bond acceptors (Lipinski definition) is 3. The molecule has 0 fully saturated rings. The van der Waals surface area contributed by atoms with Gasteiger partial charge < -0.3 is 4.74 Å². The van der Waals surface area contributed by atoms with Gasteiger partial charge in [0.25, 0.3) is 0 Å². The zero-order chi connectivity index (χ0) is 16.0. The van der Waals surface area contributed by atoms with Crippen LogP contribution in [0.25, 0.3) is 21.9 Å². The first-order chi connectivity index (χ1) is 11.2. The summed E-state index contributed by atoms with van der Waals surface area (Å²) in [6, 6.07) is 17.9. The standard InChI is InChI=1S/C20H14O3/c1-2-12-9-10-16(18-17(12)19(21)23-20(18)22)15-8-7-13-5-3-4-6-14(13)11-15/h3-11H,2H2,1H3. The molecule has 0 aliphatic carbocycles. The highest BCUT2D eigenvalue weighted by Crippen LogP contribution is 2.35. The molecular formula is C20H14O3. The molecule has 3 heteroatoms. The van der Waals surface area contributed by atoms with Crippen molar-refractivity contribution in [2.75, 3.05) is 0 Å². The van der Waals surface area contributed by atoms with E-state index >= 15 is 0 Å². The summed E-state index contributed by atoms with van der Waals surface area (Å²) in [7, 11) is 0. The van der Waals surface area contributed by atoms with Crippen LogP contribution in [0.3, 0.4) is 0 Å². The molecular weight excluding hydrogens is 288 g/mol. The zero-order valence-corrected chi connectivity index (χ0v) is 12.6. The van der Waals surface area contributed by atoms with Crippen LogP contribution in [-0.2, 0) is 11.2 Å². The summed E-state index contributed by atoms with van der Waals surface area (Å²) in [5, 5.41) is 2.23. The average molecular weight is 302 g/mol. The molecule has 3 nitrogen and oxygen atoms in total. The number of carbonyl (C=O) groups is 2. The fraction of sp³-hybridized carbons (Fsp3) is 0.100. The molecule has 1 aliphatic heterocycles. The van der Waals surface area contributed by atoms with Gasteiger partial charge in [-0.05, 0) is 39.9 Å². The van der Waals surface area contributed by atoms with Gasteiger partial charge >= 0.3 is 11.9 Å². The first-order valence-electron chi connectivity index (χ1n) is 7.60. The second kappa shape index (κ2) is 5.06.